The molecular weight excluding hydrogens is 366 g/mol. The van der Waals surface area contributed by atoms with Crippen LogP contribution in [0.4, 0.5) is 23.2 Å². The van der Waals surface area contributed by atoms with Crippen LogP contribution in [0.25, 0.3) is 22.0 Å². The molecule has 1 unspecified atom stereocenters. The molecule has 5 nitrogen and oxygen atoms in total. The molecule has 0 saturated carbocycles. The smallest absolute Gasteiger partial charge is 0.358 e. The molecule has 0 bridgehead atoms. The minimum atomic E-state index is -4.56. The van der Waals surface area contributed by atoms with Crippen LogP contribution in [-0.4, -0.2) is 15.9 Å². The van der Waals surface area contributed by atoms with E-state index in [1.807, 2.05) is 0 Å². The molecule has 0 aliphatic carbocycles. The number of nitro benzene ring substituents is 1. The molecular formula is C18H15F4N3O2. The number of nitrogens with zero attached hydrogens (tertiary/aromatic N) is 1. The summed E-state index contributed by atoms with van der Waals surface area (Å²) in [7, 11) is 0. The van der Waals surface area contributed by atoms with Crippen molar-refractivity contribution in [2.75, 3.05) is 0 Å². The van der Waals surface area contributed by atoms with Crippen molar-refractivity contribution in [3.05, 3.63) is 63.6 Å². The Bertz CT molecular complexity index is 1030. The van der Waals surface area contributed by atoms with E-state index in [2.05, 4.69) is 4.98 Å². The molecule has 3 aromatic rings. The van der Waals surface area contributed by atoms with Gasteiger partial charge in [0.2, 0.25) is 0 Å². The summed E-state index contributed by atoms with van der Waals surface area (Å²) < 4.78 is 53.9. The molecule has 0 fully saturated rings. The minimum absolute atomic E-state index is 0.0261. The van der Waals surface area contributed by atoms with E-state index in [1.165, 1.54) is 12.1 Å². The molecule has 1 atom stereocenters. The van der Waals surface area contributed by atoms with Gasteiger partial charge in [-0.3, -0.25) is 10.1 Å². The number of rotatable bonds is 4. The highest BCUT2D eigenvalue weighted by molar-refractivity contribution is 5.98. The first-order chi connectivity index (χ1) is 12.6. The van der Waals surface area contributed by atoms with Crippen molar-refractivity contribution in [3.8, 4) is 11.1 Å². The normalized spacial score (nSPS) is 13.1. The third-order valence-electron chi connectivity index (χ3n) is 4.16. The molecule has 0 aliphatic heterocycles. The van der Waals surface area contributed by atoms with Crippen molar-refractivity contribution >= 4 is 16.6 Å². The third-order valence-corrected chi connectivity index (χ3v) is 4.16. The number of nitrogens with one attached hydrogen (secondary N) is 1. The van der Waals surface area contributed by atoms with E-state index in [0.717, 1.165) is 24.3 Å². The largest absolute Gasteiger partial charge is 0.416 e. The predicted octanol–water partition coefficient (Wildman–Crippen LogP) is 4.79. The summed E-state index contributed by atoms with van der Waals surface area (Å²) in [5, 5.41) is 11.0. The Morgan fingerprint density at radius 2 is 1.93 bits per heavy atom. The third kappa shape index (κ3) is 3.63. The zero-order valence-electron chi connectivity index (χ0n) is 14.1. The van der Waals surface area contributed by atoms with Crippen LogP contribution in [0.1, 0.15) is 18.2 Å². The van der Waals surface area contributed by atoms with Gasteiger partial charge in [0.05, 0.1) is 16.6 Å². The van der Waals surface area contributed by atoms with E-state index >= 15 is 0 Å². The number of fused-ring (bicyclic) bond motifs is 1. The van der Waals surface area contributed by atoms with E-state index in [4.69, 9.17) is 5.73 Å². The van der Waals surface area contributed by atoms with Crippen LogP contribution in [0.5, 0.6) is 0 Å². The minimum Gasteiger partial charge on any atom is -0.358 e. The predicted molar refractivity (Wildman–Crippen MR) is 92.7 cm³/mol. The Labute approximate surface area is 150 Å². The standard InChI is InChI=1S/C18H15F4N3O2/c1-9(23)6-16-17(12-4-3-11(25(26)27)8-14(12)19)13-7-10(18(20,21)22)2-5-15(13)24-16/h2-5,7-9,24H,6,23H2,1H3. The van der Waals surface area contributed by atoms with Crippen molar-refractivity contribution in [3.63, 3.8) is 0 Å². The molecule has 3 N–H and O–H groups in total. The molecule has 0 saturated heterocycles. The maximum Gasteiger partial charge on any atom is 0.416 e. The van der Waals surface area contributed by atoms with Crippen LogP contribution in [0.15, 0.2) is 36.4 Å². The Hall–Kier alpha value is -2.94. The van der Waals surface area contributed by atoms with Gasteiger partial charge in [0.1, 0.15) is 5.82 Å². The fraction of sp³-hybridized carbons (Fsp3) is 0.222. The van der Waals surface area contributed by atoms with Gasteiger partial charge in [0, 0.05) is 46.3 Å². The van der Waals surface area contributed by atoms with Crippen molar-refractivity contribution in [2.24, 2.45) is 5.73 Å². The zero-order valence-corrected chi connectivity index (χ0v) is 14.1. The number of aromatic nitrogens is 1. The lowest BCUT2D eigenvalue weighted by atomic mass is 9.97. The lowest BCUT2D eigenvalue weighted by molar-refractivity contribution is -0.385. The van der Waals surface area contributed by atoms with Crippen LogP contribution >= 0.6 is 0 Å². The van der Waals surface area contributed by atoms with Crippen molar-refractivity contribution < 1.29 is 22.5 Å². The van der Waals surface area contributed by atoms with Gasteiger partial charge in [0.15, 0.2) is 0 Å². The number of H-pyrrole nitrogens is 1. The topological polar surface area (TPSA) is 85.0 Å². The summed E-state index contributed by atoms with van der Waals surface area (Å²) in [4.78, 5) is 13.1. The summed E-state index contributed by atoms with van der Waals surface area (Å²) in [6.07, 6.45) is -4.29. The molecule has 9 heteroatoms. The van der Waals surface area contributed by atoms with Crippen molar-refractivity contribution in [1.29, 1.82) is 0 Å². The number of hydrogen-bond donors (Lipinski definition) is 2. The fourth-order valence-electron chi connectivity index (χ4n) is 3.03. The zero-order chi connectivity index (χ0) is 19.9. The molecule has 0 aliphatic rings. The van der Waals surface area contributed by atoms with Gasteiger partial charge >= 0.3 is 6.18 Å². The van der Waals surface area contributed by atoms with E-state index < -0.39 is 28.2 Å². The maximum atomic E-state index is 14.6. The molecule has 0 radical (unpaired) electrons. The van der Waals surface area contributed by atoms with E-state index in [0.29, 0.717) is 11.2 Å². The summed E-state index contributed by atoms with van der Waals surface area (Å²) in [6, 6.07) is 5.87. The molecule has 0 spiro atoms. The van der Waals surface area contributed by atoms with E-state index in [-0.39, 0.29) is 29.0 Å². The number of nitrogens with two attached hydrogens (primary N) is 1. The van der Waals surface area contributed by atoms with Crippen LogP contribution in [0.2, 0.25) is 0 Å². The van der Waals surface area contributed by atoms with Crippen LogP contribution < -0.4 is 5.73 Å². The Balaban J connectivity index is 2.29. The second kappa shape index (κ2) is 6.66. The number of aromatic amines is 1. The fourth-order valence-corrected chi connectivity index (χ4v) is 3.03. The number of non-ortho nitro benzene ring substituents is 1. The average Bonchev–Trinajstić information content (AvgIpc) is 2.90. The Morgan fingerprint density at radius 3 is 2.48 bits per heavy atom. The number of halogens is 4. The van der Waals surface area contributed by atoms with Crippen molar-refractivity contribution in [1.82, 2.24) is 4.98 Å². The average molecular weight is 381 g/mol. The Morgan fingerprint density at radius 1 is 1.22 bits per heavy atom. The molecule has 142 valence electrons. The number of alkyl halides is 3. The van der Waals surface area contributed by atoms with Crippen LogP contribution in [-0.2, 0) is 12.6 Å². The van der Waals surface area contributed by atoms with Crippen LogP contribution in [0, 0.1) is 15.9 Å². The van der Waals surface area contributed by atoms with Crippen LogP contribution in [0.3, 0.4) is 0 Å². The first-order valence-corrected chi connectivity index (χ1v) is 7.99. The molecule has 0 amide bonds. The highest BCUT2D eigenvalue weighted by Gasteiger charge is 2.31. The monoisotopic (exact) mass is 381 g/mol. The van der Waals surface area contributed by atoms with Crippen molar-refractivity contribution in [2.45, 2.75) is 25.6 Å². The molecule has 27 heavy (non-hydrogen) atoms. The molecule has 2 aromatic carbocycles. The maximum absolute atomic E-state index is 14.6. The highest BCUT2D eigenvalue weighted by Crippen LogP contribution is 2.39. The van der Waals surface area contributed by atoms with Gasteiger partial charge in [-0.05, 0) is 31.2 Å². The number of nitro groups is 1. The first kappa shape index (κ1) is 18.8. The van der Waals surface area contributed by atoms with Gasteiger partial charge < -0.3 is 10.7 Å². The van der Waals surface area contributed by atoms with E-state index in [1.54, 1.807) is 6.92 Å². The van der Waals surface area contributed by atoms with Gasteiger partial charge in [-0.25, -0.2) is 4.39 Å². The second-order valence-electron chi connectivity index (χ2n) is 6.34. The summed E-state index contributed by atoms with van der Waals surface area (Å²) in [6.45, 7) is 1.71. The molecule has 3 rings (SSSR count). The van der Waals surface area contributed by atoms with Gasteiger partial charge in [-0.1, -0.05) is 0 Å². The number of hydrogen-bond acceptors (Lipinski definition) is 3. The van der Waals surface area contributed by atoms with E-state index in [9.17, 15) is 27.7 Å². The Kier molecular flexibility index (Phi) is 4.64. The number of benzene rings is 2. The summed E-state index contributed by atoms with van der Waals surface area (Å²) in [5.74, 6) is -0.895. The van der Waals surface area contributed by atoms with Gasteiger partial charge in [0.25, 0.3) is 5.69 Å². The molecule has 1 aromatic heterocycles. The first-order valence-electron chi connectivity index (χ1n) is 7.99. The summed E-state index contributed by atoms with van der Waals surface area (Å²) in [5.41, 5.74) is 5.55. The lowest BCUT2D eigenvalue weighted by Gasteiger charge is -2.10. The lowest BCUT2D eigenvalue weighted by Crippen LogP contribution is -2.18. The highest BCUT2D eigenvalue weighted by atomic mass is 19.4. The van der Waals surface area contributed by atoms with Gasteiger partial charge in [-0.2, -0.15) is 13.2 Å². The molecule has 1 heterocycles. The SMILES string of the molecule is CC(N)Cc1[nH]c2ccc(C(F)(F)F)cc2c1-c1ccc([N+](=O)[O-])cc1F. The van der Waals surface area contributed by atoms with Gasteiger partial charge in [-0.15, -0.1) is 0 Å². The second-order valence-corrected chi connectivity index (χ2v) is 6.34. The quantitative estimate of drug-likeness (QED) is 0.387. The summed E-state index contributed by atoms with van der Waals surface area (Å²) >= 11 is 0.